The number of methoxy groups -OCH3 is 1. The number of benzene rings is 1. The van der Waals surface area contributed by atoms with E-state index < -0.39 is 5.60 Å². The first kappa shape index (κ1) is 14.8. The maximum atomic E-state index is 11.7. The van der Waals surface area contributed by atoms with Crippen LogP contribution in [0.25, 0.3) is 10.9 Å². The van der Waals surface area contributed by atoms with Crippen molar-refractivity contribution in [2.45, 2.75) is 18.4 Å². The predicted molar refractivity (Wildman–Crippen MR) is 85.2 cm³/mol. The second-order valence-electron chi connectivity index (χ2n) is 6.62. The van der Waals surface area contributed by atoms with Crippen molar-refractivity contribution < 1.29 is 14.6 Å². The lowest BCUT2D eigenvalue weighted by molar-refractivity contribution is 0.0323. The normalized spacial score (nSPS) is 25.8. The van der Waals surface area contributed by atoms with E-state index in [-0.39, 0.29) is 17.9 Å². The molecule has 0 spiro atoms. The van der Waals surface area contributed by atoms with E-state index >= 15 is 0 Å². The third-order valence-corrected chi connectivity index (χ3v) is 5.45. The number of nitrogens with one attached hydrogen (secondary N) is 1. The highest BCUT2D eigenvalue weighted by atomic mass is 35.5. The van der Waals surface area contributed by atoms with Gasteiger partial charge in [-0.05, 0) is 42.4 Å². The number of halogens is 1. The number of hydrogen-bond donors (Lipinski definition) is 2. The van der Waals surface area contributed by atoms with Gasteiger partial charge in [0.25, 0.3) is 0 Å². The first-order chi connectivity index (χ1) is 11.0. The molecule has 0 radical (unpaired) electrons. The average molecular weight is 336 g/mol. The Morgan fingerprint density at radius 3 is 2.78 bits per heavy atom. The van der Waals surface area contributed by atoms with E-state index in [0.29, 0.717) is 31.0 Å². The van der Waals surface area contributed by atoms with E-state index in [1.54, 1.807) is 11.1 Å². The topological polar surface area (TPSA) is 78.5 Å². The fourth-order valence-corrected chi connectivity index (χ4v) is 4.47. The molecule has 1 saturated carbocycles. The lowest BCUT2D eigenvalue weighted by Gasteiger charge is -2.27. The molecule has 2 aromatic rings. The standard InChI is InChI=1S/C16H18ClN3O3/c1-23-15(21)20-7-9-4-16(22,5-10(9)8-20)13-2-11(17)3-14-12(13)6-18-19-14/h2-3,6,9-10,22H,4-5,7-8H2,1H3,(H,18,19)/t9-,10-/m1/s1. The Balaban J connectivity index is 1.64. The quantitative estimate of drug-likeness (QED) is 0.839. The minimum atomic E-state index is -0.926. The van der Waals surface area contributed by atoms with Crippen molar-refractivity contribution in [1.29, 1.82) is 0 Å². The molecule has 7 heteroatoms. The number of amides is 1. The molecule has 2 N–H and O–H groups in total. The Morgan fingerprint density at radius 2 is 2.13 bits per heavy atom. The smallest absolute Gasteiger partial charge is 0.409 e. The van der Waals surface area contributed by atoms with Crippen LogP contribution < -0.4 is 0 Å². The van der Waals surface area contributed by atoms with Crippen LogP contribution in [0.4, 0.5) is 4.79 Å². The van der Waals surface area contributed by atoms with Crippen molar-refractivity contribution in [1.82, 2.24) is 15.1 Å². The fraction of sp³-hybridized carbons (Fsp3) is 0.500. The van der Waals surface area contributed by atoms with E-state index in [2.05, 4.69) is 10.2 Å². The first-order valence-electron chi connectivity index (χ1n) is 7.68. The molecule has 23 heavy (non-hydrogen) atoms. The number of aromatic nitrogens is 2. The number of aromatic amines is 1. The van der Waals surface area contributed by atoms with E-state index in [0.717, 1.165) is 16.5 Å². The zero-order chi connectivity index (χ0) is 16.2. The molecule has 6 nitrogen and oxygen atoms in total. The summed E-state index contributed by atoms with van der Waals surface area (Å²) in [6, 6.07) is 3.64. The molecule has 2 atom stereocenters. The predicted octanol–water partition coefficient (Wildman–Crippen LogP) is 2.51. The van der Waals surface area contributed by atoms with Crippen molar-refractivity contribution in [3.63, 3.8) is 0 Å². The highest BCUT2D eigenvalue weighted by Gasteiger charge is 2.50. The molecule has 0 bridgehead atoms. The minimum Gasteiger partial charge on any atom is -0.453 e. The molecule has 0 unspecified atom stereocenters. The average Bonchev–Trinajstić information content (AvgIpc) is 3.18. The maximum Gasteiger partial charge on any atom is 0.409 e. The van der Waals surface area contributed by atoms with E-state index in [1.807, 2.05) is 12.1 Å². The number of hydrogen-bond acceptors (Lipinski definition) is 4. The molecule has 2 fully saturated rings. The van der Waals surface area contributed by atoms with Crippen LogP contribution in [0.3, 0.4) is 0 Å². The summed E-state index contributed by atoms with van der Waals surface area (Å²) in [6.45, 7) is 1.27. The van der Waals surface area contributed by atoms with Gasteiger partial charge in [0.1, 0.15) is 0 Å². The molecule has 1 amide bonds. The number of rotatable bonds is 1. The van der Waals surface area contributed by atoms with E-state index in [4.69, 9.17) is 16.3 Å². The van der Waals surface area contributed by atoms with Crippen LogP contribution >= 0.6 is 11.6 Å². The highest BCUT2D eigenvalue weighted by molar-refractivity contribution is 6.31. The van der Waals surface area contributed by atoms with Crippen LogP contribution in [0.15, 0.2) is 18.3 Å². The van der Waals surface area contributed by atoms with Gasteiger partial charge in [-0.3, -0.25) is 5.10 Å². The summed E-state index contributed by atoms with van der Waals surface area (Å²) in [5.74, 6) is 0.556. The first-order valence-corrected chi connectivity index (χ1v) is 8.06. The van der Waals surface area contributed by atoms with E-state index in [1.165, 1.54) is 7.11 Å². The summed E-state index contributed by atoms with van der Waals surface area (Å²) in [5, 5.41) is 19.7. The third-order valence-electron chi connectivity index (χ3n) is 5.23. The molecular weight excluding hydrogens is 318 g/mol. The second kappa shape index (κ2) is 5.11. The van der Waals surface area contributed by atoms with Crippen LogP contribution in [0, 0.1) is 11.8 Å². The fourth-order valence-electron chi connectivity index (χ4n) is 4.25. The van der Waals surface area contributed by atoms with Gasteiger partial charge in [0.05, 0.1) is 24.4 Å². The third kappa shape index (κ3) is 2.28. The van der Waals surface area contributed by atoms with Gasteiger partial charge in [0.2, 0.25) is 0 Å². The van der Waals surface area contributed by atoms with Gasteiger partial charge in [-0.2, -0.15) is 5.10 Å². The van der Waals surface area contributed by atoms with Crippen LogP contribution in [0.5, 0.6) is 0 Å². The molecule has 122 valence electrons. The van der Waals surface area contributed by atoms with E-state index in [9.17, 15) is 9.90 Å². The maximum absolute atomic E-state index is 11.7. The summed E-state index contributed by atoms with van der Waals surface area (Å²) < 4.78 is 4.79. The Hall–Kier alpha value is -1.79. The largest absolute Gasteiger partial charge is 0.453 e. The SMILES string of the molecule is COC(=O)N1C[C@H]2CC(O)(c3cc(Cl)cc4[nH]ncc34)C[C@@H]2C1. The van der Waals surface area contributed by atoms with Crippen molar-refractivity contribution in [3.8, 4) is 0 Å². The van der Waals surface area contributed by atoms with Gasteiger partial charge >= 0.3 is 6.09 Å². The number of likely N-dealkylation sites (tertiary alicyclic amines) is 1. The Bertz CT molecular complexity index is 761. The number of carbonyl (C=O) groups excluding carboxylic acids is 1. The minimum absolute atomic E-state index is 0.278. The van der Waals surface area contributed by atoms with Crippen LogP contribution in [-0.2, 0) is 10.3 Å². The summed E-state index contributed by atoms with van der Waals surface area (Å²) in [6.07, 6.45) is 2.67. The second-order valence-corrected chi connectivity index (χ2v) is 7.06. The molecule has 1 aromatic heterocycles. The molecular formula is C16H18ClN3O3. The van der Waals surface area contributed by atoms with Crippen LogP contribution in [-0.4, -0.2) is 46.5 Å². The van der Waals surface area contributed by atoms with Crippen molar-refractivity contribution in [2.75, 3.05) is 20.2 Å². The number of aliphatic hydroxyl groups is 1. The zero-order valence-corrected chi connectivity index (χ0v) is 13.5. The molecule has 4 rings (SSSR count). The van der Waals surface area contributed by atoms with Gasteiger partial charge in [-0.1, -0.05) is 11.6 Å². The molecule has 1 aliphatic heterocycles. The number of ether oxygens (including phenoxy) is 1. The molecule has 2 aliphatic rings. The number of carbonyl (C=O) groups is 1. The van der Waals surface area contributed by atoms with Gasteiger partial charge < -0.3 is 14.7 Å². The van der Waals surface area contributed by atoms with Crippen molar-refractivity contribution >= 4 is 28.6 Å². The Morgan fingerprint density at radius 1 is 1.43 bits per heavy atom. The summed E-state index contributed by atoms with van der Waals surface area (Å²) in [7, 11) is 1.40. The number of nitrogens with zero attached hydrogens (tertiary/aromatic N) is 2. The lowest BCUT2D eigenvalue weighted by Crippen LogP contribution is -2.32. The molecule has 1 saturated heterocycles. The Labute approximate surface area is 138 Å². The zero-order valence-electron chi connectivity index (χ0n) is 12.8. The van der Waals surface area contributed by atoms with Crippen LogP contribution in [0.2, 0.25) is 5.02 Å². The molecule has 1 aromatic carbocycles. The molecule has 2 heterocycles. The summed E-state index contributed by atoms with van der Waals surface area (Å²) in [4.78, 5) is 13.4. The highest BCUT2D eigenvalue weighted by Crippen LogP contribution is 2.50. The molecule has 1 aliphatic carbocycles. The lowest BCUT2D eigenvalue weighted by atomic mass is 9.88. The van der Waals surface area contributed by atoms with Gasteiger partial charge in [0, 0.05) is 23.5 Å². The van der Waals surface area contributed by atoms with Crippen molar-refractivity contribution in [2.24, 2.45) is 11.8 Å². The van der Waals surface area contributed by atoms with Gasteiger partial charge in [0.15, 0.2) is 0 Å². The number of fused-ring (bicyclic) bond motifs is 2. The van der Waals surface area contributed by atoms with Crippen LogP contribution in [0.1, 0.15) is 18.4 Å². The Kier molecular flexibility index (Phi) is 3.28. The van der Waals surface area contributed by atoms with Gasteiger partial charge in [-0.15, -0.1) is 0 Å². The summed E-state index contributed by atoms with van der Waals surface area (Å²) >= 11 is 6.20. The summed E-state index contributed by atoms with van der Waals surface area (Å²) in [5.41, 5.74) is 0.729. The van der Waals surface area contributed by atoms with Gasteiger partial charge in [-0.25, -0.2) is 4.79 Å². The van der Waals surface area contributed by atoms with Crippen molar-refractivity contribution in [3.05, 3.63) is 28.9 Å². The number of H-pyrrole nitrogens is 1. The monoisotopic (exact) mass is 335 g/mol.